The molecule has 24 heavy (non-hydrogen) atoms. The van der Waals surface area contributed by atoms with Crippen LogP contribution in [0, 0.1) is 16.3 Å². The fourth-order valence-electron chi connectivity index (χ4n) is 2.81. The molecule has 0 aromatic heterocycles. The normalized spacial score (nSPS) is 17.2. The Labute approximate surface area is 153 Å². The summed E-state index contributed by atoms with van der Waals surface area (Å²) in [5.74, 6) is -0.723. The molecule has 0 saturated carbocycles. The quantitative estimate of drug-likeness (QED) is 0.717. The number of β-amino-alcohol motifs (C(OH)–C–C–N with tert-alkyl or cyclic N) is 1. The van der Waals surface area contributed by atoms with E-state index in [0.29, 0.717) is 18.7 Å². The number of carbonyl (C=O) groups is 1. The van der Waals surface area contributed by atoms with Gasteiger partial charge >= 0.3 is 0 Å². The number of anilines is 2. The highest BCUT2D eigenvalue weighted by Gasteiger charge is 2.27. The van der Waals surface area contributed by atoms with E-state index in [0.717, 1.165) is 14.8 Å². The van der Waals surface area contributed by atoms with E-state index >= 15 is 0 Å². The average Bonchev–Trinajstić information content (AvgIpc) is 2.97. The van der Waals surface area contributed by atoms with E-state index in [4.69, 9.17) is 0 Å². The molecule has 1 saturated heterocycles. The van der Waals surface area contributed by atoms with Gasteiger partial charge in [0.25, 0.3) is 5.91 Å². The molecule has 1 amide bonds. The van der Waals surface area contributed by atoms with Crippen molar-refractivity contribution in [3.8, 4) is 0 Å². The largest absolute Gasteiger partial charge is 0.391 e. The number of halogens is 2. The van der Waals surface area contributed by atoms with Gasteiger partial charge in [-0.05, 0) is 77.9 Å². The van der Waals surface area contributed by atoms with Crippen LogP contribution in [-0.4, -0.2) is 35.1 Å². The molecule has 2 aromatic carbocycles. The molecule has 1 fully saturated rings. The number of hydrogen-bond acceptors (Lipinski definition) is 3. The molecule has 126 valence electrons. The minimum absolute atomic E-state index is 0.267. The van der Waals surface area contributed by atoms with Crippen LogP contribution in [0.4, 0.5) is 15.8 Å². The Morgan fingerprint density at radius 1 is 1.29 bits per heavy atom. The van der Waals surface area contributed by atoms with Crippen LogP contribution in [0.1, 0.15) is 22.3 Å². The zero-order chi connectivity index (χ0) is 17.3. The summed E-state index contributed by atoms with van der Waals surface area (Å²) in [5.41, 5.74) is 2.76. The maximum Gasteiger partial charge on any atom is 0.256 e. The summed E-state index contributed by atoms with van der Waals surface area (Å²) in [6, 6.07) is 10.1. The summed E-state index contributed by atoms with van der Waals surface area (Å²) in [6.07, 6.45) is 0.0532. The van der Waals surface area contributed by atoms with Crippen LogP contribution in [-0.2, 0) is 0 Å². The van der Waals surface area contributed by atoms with Gasteiger partial charge in [0, 0.05) is 22.3 Å². The maximum atomic E-state index is 13.7. The number of benzene rings is 2. The van der Waals surface area contributed by atoms with Gasteiger partial charge in [-0.15, -0.1) is 0 Å². The van der Waals surface area contributed by atoms with Crippen LogP contribution in [0.5, 0.6) is 0 Å². The van der Waals surface area contributed by atoms with Crippen LogP contribution in [0.25, 0.3) is 0 Å². The zero-order valence-corrected chi connectivity index (χ0v) is 15.4. The van der Waals surface area contributed by atoms with Gasteiger partial charge in [0.15, 0.2) is 0 Å². The van der Waals surface area contributed by atoms with Crippen molar-refractivity contribution >= 4 is 39.9 Å². The lowest BCUT2D eigenvalue weighted by Gasteiger charge is -2.19. The summed E-state index contributed by atoms with van der Waals surface area (Å²) in [4.78, 5) is 14.3. The maximum absolute atomic E-state index is 13.7. The Morgan fingerprint density at radius 2 is 2.04 bits per heavy atom. The summed E-state index contributed by atoms with van der Waals surface area (Å²) in [5, 5.41) is 12.9. The Balaban J connectivity index is 1.92. The topological polar surface area (TPSA) is 52.6 Å². The van der Waals surface area contributed by atoms with Gasteiger partial charge in [-0.2, -0.15) is 0 Å². The van der Waals surface area contributed by atoms with Crippen molar-refractivity contribution in [3.05, 3.63) is 56.9 Å². The summed E-state index contributed by atoms with van der Waals surface area (Å²) < 4.78 is 14.8. The molecular formula is C18H18FIN2O2. The Hall–Kier alpha value is -1.67. The van der Waals surface area contributed by atoms with Gasteiger partial charge in [-0.1, -0.05) is 0 Å². The van der Waals surface area contributed by atoms with Crippen LogP contribution < -0.4 is 5.32 Å². The van der Waals surface area contributed by atoms with E-state index in [2.05, 4.69) is 27.9 Å². The number of aliphatic hydroxyl groups excluding tert-OH is 1. The van der Waals surface area contributed by atoms with E-state index < -0.39 is 11.9 Å². The van der Waals surface area contributed by atoms with Crippen molar-refractivity contribution in [2.75, 3.05) is 18.4 Å². The lowest BCUT2D eigenvalue weighted by atomic mass is 10.1. The molecule has 0 spiro atoms. The van der Waals surface area contributed by atoms with Crippen LogP contribution in [0.15, 0.2) is 36.4 Å². The molecule has 2 N–H and O–H groups in total. The molecule has 1 atom stereocenters. The standard InChI is InChI=1S/C18H18FIN2O2/c1-11-8-13(20)3-5-16(11)21-17-4-2-12(19)9-15(17)18(24)22-7-6-14(23)10-22/h2-5,8-9,14,21,23H,6-7,10H2,1H3. The SMILES string of the molecule is Cc1cc(I)ccc1Nc1ccc(F)cc1C(=O)N1CCC(O)C1. The van der Waals surface area contributed by atoms with Gasteiger partial charge in [-0.25, -0.2) is 4.39 Å². The summed E-state index contributed by atoms with van der Waals surface area (Å²) in [6.45, 7) is 2.75. The zero-order valence-electron chi connectivity index (χ0n) is 13.2. The third kappa shape index (κ3) is 3.70. The van der Waals surface area contributed by atoms with Crippen molar-refractivity contribution < 1.29 is 14.3 Å². The molecular weight excluding hydrogens is 422 g/mol. The van der Waals surface area contributed by atoms with Gasteiger partial charge < -0.3 is 15.3 Å². The van der Waals surface area contributed by atoms with Crippen LogP contribution >= 0.6 is 22.6 Å². The van der Waals surface area contributed by atoms with Gasteiger partial charge in [0.05, 0.1) is 17.4 Å². The van der Waals surface area contributed by atoms with Crippen molar-refractivity contribution in [2.45, 2.75) is 19.4 Å². The third-order valence-electron chi connectivity index (χ3n) is 4.12. The average molecular weight is 440 g/mol. The first-order chi connectivity index (χ1) is 11.4. The third-order valence-corrected chi connectivity index (χ3v) is 4.79. The van der Waals surface area contributed by atoms with E-state index in [9.17, 15) is 14.3 Å². The van der Waals surface area contributed by atoms with Crippen molar-refractivity contribution in [3.63, 3.8) is 0 Å². The highest BCUT2D eigenvalue weighted by atomic mass is 127. The van der Waals surface area contributed by atoms with Gasteiger partial charge in [-0.3, -0.25) is 4.79 Å². The van der Waals surface area contributed by atoms with Crippen molar-refractivity contribution in [1.82, 2.24) is 4.90 Å². The first kappa shape index (κ1) is 17.2. The highest BCUT2D eigenvalue weighted by Crippen LogP contribution is 2.27. The number of nitrogens with one attached hydrogen (secondary N) is 1. The second-order valence-electron chi connectivity index (χ2n) is 5.97. The van der Waals surface area contributed by atoms with Crippen LogP contribution in [0.2, 0.25) is 0 Å². The van der Waals surface area contributed by atoms with Crippen molar-refractivity contribution in [2.24, 2.45) is 0 Å². The van der Waals surface area contributed by atoms with E-state index in [1.54, 1.807) is 11.0 Å². The second kappa shape index (κ2) is 7.06. The lowest BCUT2D eigenvalue weighted by Crippen LogP contribution is -2.30. The number of hydrogen-bond donors (Lipinski definition) is 2. The number of aryl methyl sites for hydroxylation is 1. The van der Waals surface area contributed by atoms with E-state index in [-0.39, 0.29) is 18.0 Å². The fraction of sp³-hybridized carbons (Fsp3) is 0.278. The predicted octanol–water partition coefficient (Wildman–Crippen LogP) is 3.69. The first-order valence-corrected chi connectivity index (χ1v) is 8.82. The van der Waals surface area contributed by atoms with Gasteiger partial charge in [0.2, 0.25) is 0 Å². The highest BCUT2D eigenvalue weighted by molar-refractivity contribution is 14.1. The smallest absolute Gasteiger partial charge is 0.256 e. The molecule has 0 radical (unpaired) electrons. The number of likely N-dealkylation sites (tertiary alicyclic amines) is 1. The van der Waals surface area contributed by atoms with Crippen LogP contribution in [0.3, 0.4) is 0 Å². The number of amides is 1. The number of rotatable bonds is 3. The molecule has 0 aliphatic carbocycles. The Bertz CT molecular complexity index is 782. The molecule has 3 rings (SSSR count). The molecule has 2 aromatic rings. The molecule has 0 bridgehead atoms. The second-order valence-corrected chi connectivity index (χ2v) is 7.21. The van der Waals surface area contributed by atoms with Crippen molar-refractivity contribution in [1.29, 1.82) is 0 Å². The number of carbonyl (C=O) groups excluding carboxylic acids is 1. The molecule has 6 heteroatoms. The molecule has 1 aliphatic heterocycles. The molecule has 1 heterocycles. The summed E-state index contributed by atoms with van der Waals surface area (Å²) in [7, 11) is 0. The first-order valence-electron chi connectivity index (χ1n) is 7.74. The Kier molecular flexibility index (Phi) is 5.05. The molecule has 4 nitrogen and oxygen atoms in total. The molecule has 1 aliphatic rings. The fourth-order valence-corrected chi connectivity index (χ4v) is 3.46. The summed E-state index contributed by atoms with van der Waals surface area (Å²) >= 11 is 2.24. The lowest BCUT2D eigenvalue weighted by molar-refractivity contribution is 0.0765. The van der Waals surface area contributed by atoms with E-state index in [1.807, 2.05) is 25.1 Å². The predicted molar refractivity (Wildman–Crippen MR) is 100 cm³/mol. The minimum Gasteiger partial charge on any atom is -0.391 e. The van der Waals surface area contributed by atoms with E-state index in [1.165, 1.54) is 12.1 Å². The monoisotopic (exact) mass is 440 g/mol. The number of aliphatic hydroxyl groups is 1. The Morgan fingerprint density at radius 3 is 2.71 bits per heavy atom. The number of nitrogens with zero attached hydrogens (tertiary/aromatic N) is 1. The minimum atomic E-state index is -0.502. The van der Waals surface area contributed by atoms with Gasteiger partial charge in [0.1, 0.15) is 5.82 Å². The molecule has 1 unspecified atom stereocenters.